The lowest BCUT2D eigenvalue weighted by atomic mass is 9.93. The summed E-state index contributed by atoms with van der Waals surface area (Å²) in [5, 5.41) is 10.5. The van der Waals surface area contributed by atoms with Crippen molar-refractivity contribution in [2.45, 2.75) is 111 Å². The molecule has 0 aromatic heterocycles. The average Bonchev–Trinajstić information content (AvgIpc) is 2.87. The monoisotopic (exact) mass is 549 g/mol. The van der Waals surface area contributed by atoms with Crippen molar-refractivity contribution < 1.29 is 14.4 Å². The number of hydrogen-bond acceptors (Lipinski definition) is 6. The fourth-order valence-corrected chi connectivity index (χ4v) is 6.38. The van der Waals surface area contributed by atoms with Gasteiger partial charge in [0.15, 0.2) is 0 Å². The van der Waals surface area contributed by atoms with Crippen LogP contribution in [0.2, 0.25) is 0 Å². The van der Waals surface area contributed by atoms with Gasteiger partial charge in [-0.2, -0.15) is 37.9 Å². The van der Waals surface area contributed by atoms with Gasteiger partial charge in [0.2, 0.25) is 0 Å². The molecular formula is C27H39N3O3S3. The van der Waals surface area contributed by atoms with Crippen molar-refractivity contribution in [3.8, 4) is 0 Å². The number of thiol groups is 3. The molecule has 36 heavy (non-hydrogen) atoms. The summed E-state index contributed by atoms with van der Waals surface area (Å²) >= 11 is 13.6. The molecule has 0 bridgehead atoms. The highest BCUT2D eigenvalue weighted by atomic mass is 32.1. The highest BCUT2D eigenvalue weighted by Gasteiger charge is 2.26. The predicted octanol–water partition coefficient (Wildman–Crippen LogP) is 4.60. The van der Waals surface area contributed by atoms with Gasteiger partial charge < -0.3 is 16.0 Å². The van der Waals surface area contributed by atoms with Gasteiger partial charge in [0.05, 0.1) is 0 Å². The molecule has 3 saturated carbocycles. The molecule has 1 aromatic rings. The number of carbonyl (C=O) groups is 3. The topological polar surface area (TPSA) is 87.3 Å². The summed E-state index contributed by atoms with van der Waals surface area (Å²) in [4.78, 5) is 39.6. The Morgan fingerprint density at radius 1 is 0.472 bits per heavy atom. The average molecular weight is 550 g/mol. The molecule has 0 saturated heterocycles. The standard InChI is InChI=1S/C27H39N3O3S3/c31-25(28-19-1-7-22(34)8-2-19)16-13-17(26(32)29-20-3-9-23(35)10-4-20)15-18(14-16)27(33)30-21-5-11-24(36)12-6-21/h13-15,19-24,34-36H,1-12H2,(H,28,31)(H,29,32)(H,30,33). The van der Waals surface area contributed by atoms with Gasteiger partial charge >= 0.3 is 0 Å². The molecule has 3 aliphatic rings. The molecule has 0 radical (unpaired) electrons. The lowest BCUT2D eigenvalue weighted by Gasteiger charge is -2.27. The molecule has 3 N–H and O–H groups in total. The van der Waals surface area contributed by atoms with Crippen LogP contribution in [-0.2, 0) is 0 Å². The van der Waals surface area contributed by atoms with Gasteiger partial charge in [0, 0.05) is 50.6 Å². The second-order valence-electron chi connectivity index (χ2n) is 10.7. The molecule has 4 rings (SSSR count). The van der Waals surface area contributed by atoms with E-state index in [2.05, 4.69) is 53.8 Å². The third-order valence-electron chi connectivity index (χ3n) is 7.82. The molecule has 0 aliphatic heterocycles. The molecule has 0 heterocycles. The molecule has 0 atom stereocenters. The summed E-state index contributed by atoms with van der Waals surface area (Å²) in [7, 11) is 0. The van der Waals surface area contributed by atoms with Gasteiger partial charge in [-0.05, 0) is 95.2 Å². The van der Waals surface area contributed by atoms with E-state index in [-0.39, 0.29) is 35.8 Å². The zero-order valence-electron chi connectivity index (χ0n) is 20.7. The largest absolute Gasteiger partial charge is 0.349 e. The van der Waals surface area contributed by atoms with Crippen molar-refractivity contribution in [2.75, 3.05) is 0 Å². The number of rotatable bonds is 6. The maximum atomic E-state index is 13.2. The normalized spacial score (nSPS) is 30.8. The molecular weight excluding hydrogens is 511 g/mol. The molecule has 3 aliphatic carbocycles. The van der Waals surface area contributed by atoms with Gasteiger partial charge in [0.25, 0.3) is 17.7 Å². The van der Waals surface area contributed by atoms with Crippen LogP contribution in [-0.4, -0.2) is 51.6 Å². The maximum absolute atomic E-state index is 13.2. The van der Waals surface area contributed by atoms with Crippen molar-refractivity contribution in [1.29, 1.82) is 0 Å². The minimum absolute atomic E-state index is 0.0866. The molecule has 3 amide bonds. The molecule has 1 aromatic carbocycles. The Morgan fingerprint density at radius 3 is 0.917 bits per heavy atom. The van der Waals surface area contributed by atoms with Crippen LogP contribution in [0.4, 0.5) is 0 Å². The molecule has 198 valence electrons. The fourth-order valence-electron chi connectivity index (χ4n) is 5.49. The van der Waals surface area contributed by atoms with E-state index in [0.29, 0.717) is 32.4 Å². The first-order valence-corrected chi connectivity index (χ1v) is 14.9. The van der Waals surface area contributed by atoms with Crippen LogP contribution in [0.25, 0.3) is 0 Å². The number of carbonyl (C=O) groups excluding carboxylic acids is 3. The molecule has 3 fully saturated rings. The summed E-state index contributed by atoms with van der Waals surface area (Å²) in [6, 6.07) is 5.10. The van der Waals surface area contributed by atoms with Crippen molar-refractivity contribution in [2.24, 2.45) is 0 Å². The zero-order valence-corrected chi connectivity index (χ0v) is 23.4. The minimum atomic E-state index is -0.243. The van der Waals surface area contributed by atoms with Crippen LogP contribution in [0, 0.1) is 0 Å². The Balaban J connectivity index is 1.50. The summed E-state index contributed by atoms with van der Waals surface area (Å²) in [6.45, 7) is 0. The van der Waals surface area contributed by atoms with Crippen LogP contribution in [0.3, 0.4) is 0 Å². The number of hydrogen-bond donors (Lipinski definition) is 6. The summed E-state index contributed by atoms with van der Waals surface area (Å²) in [6.07, 6.45) is 11.1. The van der Waals surface area contributed by atoms with Crippen molar-refractivity contribution >= 4 is 55.6 Å². The summed E-state index contributed by atoms with van der Waals surface area (Å²) < 4.78 is 0. The Kier molecular flexibility index (Phi) is 9.98. The quantitative estimate of drug-likeness (QED) is 0.293. The van der Waals surface area contributed by atoms with Crippen molar-refractivity contribution in [1.82, 2.24) is 16.0 Å². The molecule has 0 spiro atoms. The lowest BCUT2D eigenvalue weighted by Crippen LogP contribution is -2.40. The number of benzene rings is 1. The van der Waals surface area contributed by atoms with Gasteiger partial charge in [-0.25, -0.2) is 0 Å². The van der Waals surface area contributed by atoms with E-state index in [1.54, 1.807) is 18.2 Å². The fraction of sp³-hybridized carbons (Fsp3) is 0.667. The summed E-state index contributed by atoms with van der Waals surface area (Å²) in [5.74, 6) is -0.729. The zero-order chi connectivity index (χ0) is 25.7. The first-order chi connectivity index (χ1) is 17.3. The van der Waals surface area contributed by atoms with E-state index in [4.69, 9.17) is 0 Å². The number of nitrogens with one attached hydrogen (secondary N) is 3. The van der Waals surface area contributed by atoms with Crippen molar-refractivity contribution in [3.05, 3.63) is 34.9 Å². The first kappa shape index (κ1) is 27.7. The third kappa shape index (κ3) is 7.84. The van der Waals surface area contributed by atoms with E-state index in [0.717, 1.165) is 77.0 Å². The van der Waals surface area contributed by atoms with E-state index in [9.17, 15) is 14.4 Å². The summed E-state index contributed by atoms with van der Waals surface area (Å²) in [5.41, 5.74) is 1.04. The van der Waals surface area contributed by atoms with Crippen LogP contribution in [0.1, 0.15) is 108 Å². The Morgan fingerprint density at radius 2 is 0.694 bits per heavy atom. The molecule has 0 unspecified atom stereocenters. The van der Waals surface area contributed by atoms with Crippen LogP contribution in [0.15, 0.2) is 18.2 Å². The highest BCUT2D eigenvalue weighted by Crippen LogP contribution is 2.25. The highest BCUT2D eigenvalue weighted by molar-refractivity contribution is 7.81. The second-order valence-corrected chi connectivity index (χ2v) is 12.9. The first-order valence-electron chi connectivity index (χ1n) is 13.4. The van der Waals surface area contributed by atoms with Gasteiger partial charge in [-0.1, -0.05) is 0 Å². The Labute approximate surface area is 231 Å². The van der Waals surface area contributed by atoms with E-state index >= 15 is 0 Å². The predicted molar refractivity (Wildman–Crippen MR) is 154 cm³/mol. The maximum Gasteiger partial charge on any atom is 0.251 e. The smallest absolute Gasteiger partial charge is 0.251 e. The van der Waals surface area contributed by atoms with E-state index < -0.39 is 0 Å². The van der Waals surface area contributed by atoms with Crippen molar-refractivity contribution in [3.63, 3.8) is 0 Å². The third-order valence-corrected chi connectivity index (χ3v) is 9.36. The van der Waals surface area contributed by atoms with Gasteiger partial charge in [-0.3, -0.25) is 14.4 Å². The van der Waals surface area contributed by atoms with Crippen LogP contribution < -0.4 is 16.0 Å². The molecule has 6 nitrogen and oxygen atoms in total. The van der Waals surface area contributed by atoms with Crippen LogP contribution >= 0.6 is 37.9 Å². The van der Waals surface area contributed by atoms with E-state index in [1.165, 1.54) is 0 Å². The van der Waals surface area contributed by atoms with Gasteiger partial charge in [0.1, 0.15) is 0 Å². The number of amides is 3. The molecule has 9 heteroatoms. The lowest BCUT2D eigenvalue weighted by molar-refractivity contribution is 0.0927. The minimum Gasteiger partial charge on any atom is -0.349 e. The van der Waals surface area contributed by atoms with Gasteiger partial charge in [-0.15, -0.1) is 0 Å². The Bertz CT molecular complexity index is 804. The van der Waals surface area contributed by atoms with Crippen LogP contribution in [0.5, 0.6) is 0 Å². The Hall–Kier alpha value is -1.32. The van der Waals surface area contributed by atoms with E-state index in [1.807, 2.05) is 0 Å². The second kappa shape index (κ2) is 13.0. The SMILES string of the molecule is O=C(NC1CCC(S)CC1)c1cc(C(=O)NC2CCC(S)CC2)cc(C(=O)NC2CCC(S)CC2)c1.